The zero-order valence-corrected chi connectivity index (χ0v) is 10.7. The van der Waals surface area contributed by atoms with E-state index in [4.69, 9.17) is 5.73 Å². The van der Waals surface area contributed by atoms with Gasteiger partial charge in [0, 0.05) is 17.4 Å². The number of rotatable bonds is 6. The first kappa shape index (κ1) is 12.9. The molecule has 0 saturated carbocycles. The molecule has 90 valence electrons. The van der Waals surface area contributed by atoms with Gasteiger partial charge < -0.3 is 11.1 Å². The smallest absolute Gasteiger partial charge is 0.0392 e. The molecule has 1 rings (SSSR count). The van der Waals surface area contributed by atoms with Crippen molar-refractivity contribution >= 4 is 11.4 Å². The van der Waals surface area contributed by atoms with Crippen molar-refractivity contribution in [2.45, 2.75) is 52.5 Å². The van der Waals surface area contributed by atoms with Gasteiger partial charge in [-0.25, -0.2) is 0 Å². The van der Waals surface area contributed by atoms with Crippen LogP contribution in [0.4, 0.5) is 11.4 Å². The highest BCUT2D eigenvalue weighted by atomic mass is 14.9. The Morgan fingerprint density at radius 2 is 2.06 bits per heavy atom. The molecule has 0 aliphatic rings. The standard InChI is InChI=1S/C14H24N2/c1-4-5-6-8-11(2)16-14-10-7-9-13(15)12(14)3/h7,9-11,16H,4-6,8,15H2,1-3H3. The van der Waals surface area contributed by atoms with Crippen molar-refractivity contribution in [2.24, 2.45) is 0 Å². The molecular formula is C14H24N2. The molecular weight excluding hydrogens is 196 g/mol. The van der Waals surface area contributed by atoms with Crippen LogP contribution in [-0.2, 0) is 0 Å². The third kappa shape index (κ3) is 3.76. The summed E-state index contributed by atoms with van der Waals surface area (Å²) < 4.78 is 0. The summed E-state index contributed by atoms with van der Waals surface area (Å²) in [7, 11) is 0. The van der Waals surface area contributed by atoms with Gasteiger partial charge in [-0.2, -0.15) is 0 Å². The number of anilines is 2. The summed E-state index contributed by atoms with van der Waals surface area (Å²) in [5, 5.41) is 3.53. The summed E-state index contributed by atoms with van der Waals surface area (Å²) in [6.45, 7) is 6.54. The Morgan fingerprint density at radius 3 is 2.75 bits per heavy atom. The maximum atomic E-state index is 5.88. The molecule has 0 spiro atoms. The molecule has 0 bridgehead atoms. The van der Waals surface area contributed by atoms with E-state index in [0.29, 0.717) is 6.04 Å². The van der Waals surface area contributed by atoms with Crippen LogP contribution in [0.5, 0.6) is 0 Å². The lowest BCUT2D eigenvalue weighted by molar-refractivity contribution is 0.615. The lowest BCUT2D eigenvalue weighted by Crippen LogP contribution is -2.15. The molecule has 0 aliphatic carbocycles. The SMILES string of the molecule is CCCCCC(C)Nc1cccc(N)c1C. The minimum Gasteiger partial charge on any atom is -0.398 e. The third-order valence-electron chi connectivity index (χ3n) is 3.02. The Kier molecular flexibility index (Phi) is 5.17. The molecule has 0 saturated heterocycles. The van der Waals surface area contributed by atoms with Crippen LogP contribution in [0, 0.1) is 6.92 Å². The minimum atomic E-state index is 0.520. The van der Waals surface area contributed by atoms with Gasteiger partial charge in [0.1, 0.15) is 0 Å². The fourth-order valence-electron chi connectivity index (χ4n) is 1.85. The average Bonchev–Trinajstić information content (AvgIpc) is 2.25. The van der Waals surface area contributed by atoms with Crippen LogP contribution in [0.15, 0.2) is 18.2 Å². The Labute approximate surface area is 99.2 Å². The Hall–Kier alpha value is -1.18. The quantitative estimate of drug-likeness (QED) is 0.562. The van der Waals surface area contributed by atoms with Crippen LogP contribution >= 0.6 is 0 Å². The van der Waals surface area contributed by atoms with Crippen LogP contribution in [-0.4, -0.2) is 6.04 Å². The molecule has 1 atom stereocenters. The third-order valence-corrected chi connectivity index (χ3v) is 3.02. The van der Waals surface area contributed by atoms with Gasteiger partial charge in [-0.05, 0) is 38.0 Å². The second-order valence-corrected chi connectivity index (χ2v) is 4.56. The van der Waals surface area contributed by atoms with Crippen LogP contribution < -0.4 is 11.1 Å². The van der Waals surface area contributed by atoms with Gasteiger partial charge in [-0.3, -0.25) is 0 Å². The molecule has 0 amide bonds. The summed E-state index contributed by atoms with van der Waals surface area (Å²) in [6.07, 6.45) is 5.13. The van der Waals surface area contributed by atoms with Crippen molar-refractivity contribution in [3.63, 3.8) is 0 Å². The van der Waals surface area contributed by atoms with E-state index < -0.39 is 0 Å². The normalized spacial score (nSPS) is 12.4. The number of hydrogen-bond acceptors (Lipinski definition) is 2. The van der Waals surface area contributed by atoms with Gasteiger partial charge in [-0.1, -0.05) is 32.3 Å². The van der Waals surface area contributed by atoms with E-state index in [1.165, 1.54) is 31.4 Å². The van der Waals surface area contributed by atoms with Crippen molar-refractivity contribution in [3.05, 3.63) is 23.8 Å². The van der Waals surface area contributed by atoms with Crippen LogP contribution in [0.25, 0.3) is 0 Å². The van der Waals surface area contributed by atoms with Gasteiger partial charge in [0.05, 0.1) is 0 Å². The molecule has 0 radical (unpaired) electrons. The predicted molar refractivity (Wildman–Crippen MR) is 72.8 cm³/mol. The highest BCUT2D eigenvalue weighted by molar-refractivity contribution is 5.62. The molecule has 16 heavy (non-hydrogen) atoms. The summed E-state index contributed by atoms with van der Waals surface area (Å²) in [6, 6.07) is 6.57. The second-order valence-electron chi connectivity index (χ2n) is 4.56. The molecule has 0 aliphatic heterocycles. The summed E-state index contributed by atoms with van der Waals surface area (Å²) in [4.78, 5) is 0. The van der Waals surface area contributed by atoms with Crippen molar-refractivity contribution in [1.82, 2.24) is 0 Å². The summed E-state index contributed by atoms with van der Waals surface area (Å²) in [5.74, 6) is 0. The zero-order chi connectivity index (χ0) is 12.0. The lowest BCUT2D eigenvalue weighted by Gasteiger charge is -2.17. The fourth-order valence-corrected chi connectivity index (χ4v) is 1.85. The van der Waals surface area contributed by atoms with E-state index in [0.717, 1.165) is 11.3 Å². The average molecular weight is 220 g/mol. The van der Waals surface area contributed by atoms with Crippen molar-refractivity contribution in [1.29, 1.82) is 0 Å². The van der Waals surface area contributed by atoms with Gasteiger partial charge in [-0.15, -0.1) is 0 Å². The summed E-state index contributed by atoms with van der Waals surface area (Å²) >= 11 is 0. The highest BCUT2D eigenvalue weighted by Gasteiger charge is 2.05. The molecule has 2 nitrogen and oxygen atoms in total. The number of nitrogen functional groups attached to an aromatic ring is 1. The molecule has 1 unspecified atom stereocenters. The lowest BCUT2D eigenvalue weighted by atomic mass is 10.1. The van der Waals surface area contributed by atoms with Crippen molar-refractivity contribution in [3.8, 4) is 0 Å². The molecule has 1 aromatic rings. The van der Waals surface area contributed by atoms with Gasteiger partial charge in [0.2, 0.25) is 0 Å². The van der Waals surface area contributed by atoms with Gasteiger partial charge in [0.25, 0.3) is 0 Å². The van der Waals surface area contributed by atoms with Gasteiger partial charge in [0.15, 0.2) is 0 Å². The van der Waals surface area contributed by atoms with E-state index in [1.54, 1.807) is 0 Å². The number of hydrogen-bond donors (Lipinski definition) is 2. The van der Waals surface area contributed by atoms with E-state index >= 15 is 0 Å². The first-order valence-electron chi connectivity index (χ1n) is 6.26. The van der Waals surface area contributed by atoms with E-state index in [-0.39, 0.29) is 0 Å². The van der Waals surface area contributed by atoms with Crippen molar-refractivity contribution < 1.29 is 0 Å². The number of nitrogens with two attached hydrogens (primary N) is 1. The highest BCUT2D eigenvalue weighted by Crippen LogP contribution is 2.22. The summed E-state index contributed by atoms with van der Waals surface area (Å²) in [5.41, 5.74) is 9.07. The maximum Gasteiger partial charge on any atom is 0.0392 e. The Morgan fingerprint density at radius 1 is 1.31 bits per heavy atom. The predicted octanol–water partition coefficient (Wildman–Crippen LogP) is 3.96. The zero-order valence-electron chi connectivity index (χ0n) is 10.7. The fraction of sp³-hybridized carbons (Fsp3) is 0.571. The Balaban J connectivity index is 2.49. The second kappa shape index (κ2) is 6.41. The largest absolute Gasteiger partial charge is 0.398 e. The minimum absolute atomic E-state index is 0.520. The van der Waals surface area contributed by atoms with E-state index in [9.17, 15) is 0 Å². The first-order chi connectivity index (χ1) is 7.65. The Bertz CT molecular complexity index is 321. The molecule has 1 aromatic carbocycles. The van der Waals surface area contributed by atoms with Crippen LogP contribution in [0.1, 0.15) is 45.1 Å². The molecule has 3 N–H and O–H groups in total. The molecule has 0 fully saturated rings. The van der Waals surface area contributed by atoms with Crippen LogP contribution in [0.3, 0.4) is 0 Å². The number of nitrogens with one attached hydrogen (secondary N) is 1. The maximum absolute atomic E-state index is 5.88. The first-order valence-corrected chi connectivity index (χ1v) is 6.26. The topological polar surface area (TPSA) is 38.0 Å². The van der Waals surface area contributed by atoms with Crippen LogP contribution in [0.2, 0.25) is 0 Å². The van der Waals surface area contributed by atoms with Crippen molar-refractivity contribution in [2.75, 3.05) is 11.1 Å². The van der Waals surface area contributed by atoms with Gasteiger partial charge >= 0.3 is 0 Å². The molecule has 0 heterocycles. The number of unbranched alkanes of at least 4 members (excludes halogenated alkanes) is 2. The van der Waals surface area contributed by atoms with E-state index in [2.05, 4.69) is 32.2 Å². The monoisotopic (exact) mass is 220 g/mol. The molecule has 2 heteroatoms. The van der Waals surface area contributed by atoms with E-state index in [1.807, 2.05) is 12.1 Å². The number of benzene rings is 1. The molecule has 0 aromatic heterocycles.